The van der Waals surface area contributed by atoms with Crippen molar-refractivity contribution in [1.29, 1.82) is 0 Å². The van der Waals surface area contributed by atoms with E-state index in [1.807, 2.05) is 10.9 Å². The van der Waals surface area contributed by atoms with Crippen LogP contribution in [0.4, 0.5) is 17.2 Å². The zero-order valence-corrected chi connectivity index (χ0v) is 10.8. The zero-order chi connectivity index (χ0) is 13.1. The van der Waals surface area contributed by atoms with E-state index in [0.717, 1.165) is 18.1 Å². The van der Waals surface area contributed by atoms with Crippen LogP contribution in [-0.2, 0) is 6.54 Å². The Morgan fingerprint density at radius 3 is 2.45 bits per heavy atom. The quantitative estimate of drug-likeness (QED) is 0.620. The molecule has 1 aromatic heterocycles. The molecule has 0 fully saturated rings. The molecule has 4 nitrogen and oxygen atoms in total. The number of fused-ring (bicyclic) bond motifs is 8. The van der Waals surface area contributed by atoms with E-state index in [2.05, 4.69) is 69.7 Å². The van der Waals surface area contributed by atoms with Gasteiger partial charge in [0.15, 0.2) is 5.82 Å². The third kappa shape index (κ3) is 1.09. The molecule has 20 heavy (non-hydrogen) atoms. The van der Waals surface area contributed by atoms with Crippen molar-refractivity contribution in [3.63, 3.8) is 0 Å². The Kier molecular flexibility index (Phi) is 1.72. The molecule has 0 saturated heterocycles. The van der Waals surface area contributed by atoms with E-state index in [1.54, 1.807) is 0 Å². The fourth-order valence-electron chi connectivity index (χ4n) is 3.16. The highest BCUT2D eigenvalue weighted by molar-refractivity contribution is 5.82. The SMILES string of the molecule is c1ccc2c(c1)CN1c3ccccc3-n3nccc3N21. The van der Waals surface area contributed by atoms with Gasteiger partial charge in [0.05, 0.1) is 29.8 Å². The molecule has 2 aliphatic rings. The molecule has 5 rings (SSSR count). The number of hydrogen-bond acceptors (Lipinski definition) is 3. The second kappa shape index (κ2) is 3.42. The molecular weight excluding hydrogens is 248 g/mol. The average molecular weight is 260 g/mol. The molecule has 0 spiro atoms. The van der Waals surface area contributed by atoms with E-state index in [0.29, 0.717) is 0 Å². The van der Waals surface area contributed by atoms with Gasteiger partial charge in [-0.2, -0.15) is 5.10 Å². The highest BCUT2D eigenvalue weighted by Gasteiger charge is 2.35. The Morgan fingerprint density at radius 2 is 1.55 bits per heavy atom. The van der Waals surface area contributed by atoms with Crippen LogP contribution in [0.15, 0.2) is 60.8 Å². The number of nitrogens with zero attached hydrogens (tertiary/aromatic N) is 4. The fraction of sp³-hybridized carbons (Fsp3) is 0.0625. The van der Waals surface area contributed by atoms with Crippen molar-refractivity contribution in [1.82, 2.24) is 9.78 Å². The van der Waals surface area contributed by atoms with Crippen LogP contribution in [0.1, 0.15) is 5.56 Å². The van der Waals surface area contributed by atoms with Crippen molar-refractivity contribution < 1.29 is 0 Å². The molecule has 0 N–H and O–H groups in total. The maximum atomic E-state index is 4.48. The van der Waals surface area contributed by atoms with Crippen molar-refractivity contribution >= 4 is 17.2 Å². The van der Waals surface area contributed by atoms with Gasteiger partial charge in [-0.25, -0.2) is 9.69 Å². The first-order valence-corrected chi connectivity index (χ1v) is 6.72. The fourth-order valence-corrected chi connectivity index (χ4v) is 3.16. The normalized spacial score (nSPS) is 14.6. The zero-order valence-electron chi connectivity index (χ0n) is 10.8. The van der Waals surface area contributed by atoms with E-state index < -0.39 is 0 Å². The number of hydrogen-bond donors (Lipinski definition) is 0. The van der Waals surface area contributed by atoms with Gasteiger partial charge in [-0.1, -0.05) is 30.3 Å². The minimum atomic E-state index is 0.901. The maximum Gasteiger partial charge on any atom is 0.155 e. The first kappa shape index (κ1) is 10.1. The lowest BCUT2D eigenvalue weighted by atomic mass is 10.2. The van der Waals surface area contributed by atoms with E-state index in [-0.39, 0.29) is 0 Å². The van der Waals surface area contributed by atoms with Gasteiger partial charge in [0.1, 0.15) is 0 Å². The topological polar surface area (TPSA) is 24.3 Å². The first-order chi connectivity index (χ1) is 9.93. The molecular formula is C16H12N4. The summed E-state index contributed by atoms with van der Waals surface area (Å²) in [5.74, 6) is 1.09. The van der Waals surface area contributed by atoms with Crippen LogP contribution in [0.25, 0.3) is 5.69 Å². The van der Waals surface area contributed by atoms with E-state index >= 15 is 0 Å². The van der Waals surface area contributed by atoms with E-state index in [1.165, 1.54) is 16.9 Å². The highest BCUT2D eigenvalue weighted by atomic mass is 15.7. The van der Waals surface area contributed by atoms with Crippen molar-refractivity contribution in [2.45, 2.75) is 6.54 Å². The van der Waals surface area contributed by atoms with Gasteiger partial charge < -0.3 is 0 Å². The van der Waals surface area contributed by atoms with Gasteiger partial charge in [0.2, 0.25) is 0 Å². The monoisotopic (exact) mass is 260 g/mol. The van der Waals surface area contributed by atoms with Crippen molar-refractivity contribution in [2.24, 2.45) is 0 Å². The van der Waals surface area contributed by atoms with Gasteiger partial charge in [0, 0.05) is 6.07 Å². The second-order valence-electron chi connectivity index (χ2n) is 5.09. The van der Waals surface area contributed by atoms with Crippen LogP contribution in [-0.4, -0.2) is 9.78 Å². The Balaban J connectivity index is 1.84. The number of benzene rings is 2. The molecule has 2 aromatic carbocycles. The van der Waals surface area contributed by atoms with Crippen molar-refractivity contribution in [3.8, 4) is 5.69 Å². The highest BCUT2D eigenvalue weighted by Crippen LogP contribution is 2.45. The lowest BCUT2D eigenvalue weighted by Crippen LogP contribution is -2.38. The third-order valence-electron chi connectivity index (χ3n) is 4.01. The molecule has 0 amide bonds. The van der Waals surface area contributed by atoms with Gasteiger partial charge >= 0.3 is 0 Å². The summed E-state index contributed by atoms with van der Waals surface area (Å²) in [5, 5.41) is 9.05. The molecule has 3 aromatic rings. The number of rotatable bonds is 0. The van der Waals surface area contributed by atoms with Gasteiger partial charge in [-0.05, 0) is 23.8 Å². The largest absolute Gasteiger partial charge is 0.273 e. The molecule has 4 heteroatoms. The number of hydrazine groups is 1. The van der Waals surface area contributed by atoms with Gasteiger partial charge in [-0.15, -0.1) is 0 Å². The van der Waals surface area contributed by atoms with Crippen LogP contribution in [0.3, 0.4) is 0 Å². The van der Waals surface area contributed by atoms with Gasteiger partial charge in [-0.3, -0.25) is 5.01 Å². The van der Waals surface area contributed by atoms with Crippen LogP contribution >= 0.6 is 0 Å². The Labute approximate surface area is 116 Å². The van der Waals surface area contributed by atoms with E-state index in [9.17, 15) is 0 Å². The summed E-state index contributed by atoms with van der Waals surface area (Å²) < 4.78 is 2.01. The van der Waals surface area contributed by atoms with E-state index in [4.69, 9.17) is 0 Å². The molecule has 0 saturated carbocycles. The van der Waals surface area contributed by atoms with Crippen LogP contribution in [0.2, 0.25) is 0 Å². The van der Waals surface area contributed by atoms with Crippen LogP contribution < -0.4 is 10.0 Å². The minimum Gasteiger partial charge on any atom is -0.273 e. The lowest BCUT2D eigenvalue weighted by Gasteiger charge is -2.37. The number of anilines is 3. The molecule has 0 radical (unpaired) electrons. The lowest BCUT2D eigenvalue weighted by molar-refractivity contribution is 0.765. The van der Waals surface area contributed by atoms with Crippen molar-refractivity contribution in [3.05, 3.63) is 66.4 Å². The standard InChI is InChI=1S/C16H12N4/c1-2-6-13-12(5-1)11-18-14-7-3-4-8-15(14)19-16(20(13)18)9-10-17-19/h1-10H,11H2. The third-order valence-corrected chi connectivity index (χ3v) is 4.01. The molecule has 3 heterocycles. The molecule has 0 unspecified atom stereocenters. The molecule has 0 atom stereocenters. The van der Waals surface area contributed by atoms with Crippen LogP contribution in [0, 0.1) is 0 Å². The Bertz CT molecular complexity index is 821. The summed E-state index contributed by atoms with van der Waals surface area (Å²) in [4.78, 5) is 0. The average Bonchev–Trinajstić information content (AvgIpc) is 3.11. The predicted molar refractivity (Wildman–Crippen MR) is 78.3 cm³/mol. The predicted octanol–water partition coefficient (Wildman–Crippen LogP) is 3.26. The smallest absolute Gasteiger partial charge is 0.155 e. The number of aromatic nitrogens is 2. The summed E-state index contributed by atoms with van der Waals surface area (Å²) >= 11 is 0. The summed E-state index contributed by atoms with van der Waals surface area (Å²) in [6, 6.07) is 19.0. The Morgan fingerprint density at radius 1 is 0.800 bits per heavy atom. The minimum absolute atomic E-state index is 0.901. The molecule has 2 aliphatic heterocycles. The summed E-state index contributed by atoms with van der Waals surface area (Å²) in [6.07, 6.45) is 1.86. The Hall–Kier alpha value is -2.75. The first-order valence-electron chi connectivity index (χ1n) is 6.72. The molecule has 0 aliphatic carbocycles. The van der Waals surface area contributed by atoms with Crippen LogP contribution in [0.5, 0.6) is 0 Å². The summed E-state index contributed by atoms with van der Waals surface area (Å²) in [7, 11) is 0. The summed E-state index contributed by atoms with van der Waals surface area (Å²) in [5.41, 5.74) is 4.91. The molecule has 96 valence electrons. The number of para-hydroxylation sites is 3. The molecule has 0 bridgehead atoms. The van der Waals surface area contributed by atoms with Gasteiger partial charge in [0.25, 0.3) is 0 Å². The summed E-state index contributed by atoms with van der Waals surface area (Å²) in [6.45, 7) is 0.901. The van der Waals surface area contributed by atoms with Crippen molar-refractivity contribution in [2.75, 3.05) is 10.0 Å². The maximum absolute atomic E-state index is 4.48. The second-order valence-corrected chi connectivity index (χ2v) is 5.09.